The van der Waals surface area contributed by atoms with Crippen molar-refractivity contribution in [2.24, 2.45) is 5.73 Å². The number of esters is 1. The fourth-order valence-electron chi connectivity index (χ4n) is 1.37. The Balaban J connectivity index is 2.54. The first-order chi connectivity index (χ1) is 8.52. The largest absolute Gasteiger partial charge is 0.426 e. The highest BCUT2D eigenvalue weighted by molar-refractivity contribution is 5.95. The summed E-state index contributed by atoms with van der Waals surface area (Å²) in [6.07, 6.45) is 1.72. The van der Waals surface area contributed by atoms with Gasteiger partial charge in [-0.15, -0.1) is 6.58 Å². The van der Waals surface area contributed by atoms with Crippen LogP contribution >= 0.6 is 0 Å². The third kappa shape index (κ3) is 4.39. The maximum absolute atomic E-state index is 11.6. The molecule has 0 amide bonds. The molecule has 1 aromatic rings. The van der Waals surface area contributed by atoms with Gasteiger partial charge in [0, 0.05) is 12.1 Å². The number of nitrogens with two attached hydrogens (primary N) is 1. The molecule has 0 unspecified atom stereocenters. The molecule has 0 fully saturated rings. The molecule has 1 rings (SSSR count). The van der Waals surface area contributed by atoms with Crippen LogP contribution < -0.4 is 10.5 Å². The summed E-state index contributed by atoms with van der Waals surface area (Å²) in [4.78, 5) is 13.3. The molecular weight excluding hydrogens is 230 g/mol. The molecule has 0 saturated heterocycles. The lowest BCUT2D eigenvalue weighted by Crippen LogP contribution is -2.29. The van der Waals surface area contributed by atoms with Crippen LogP contribution in [0, 0.1) is 5.41 Å². The van der Waals surface area contributed by atoms with E-state index in [1.165, 1.54) is 0 Å². The molecule has 0 heterocycles. The number of nitrogens with one attached hydrogen (secondary N) is 1. The van der Waals surface area contributed by atoms with Crippen LogP contribution in [0.15, 0.2) is 36.9 Å². The Labute approximate surface area is 106 Å². The Kier molecular flexibility index (Phi) is 5.07. The summed E-state index contributed by atoms with van der Waals surface area (Å²) >= 11 is 0. The molecule has 0 atom stereocenters. The van der Waals surface area contributed by atoms with E-state index in [4.69, 9.17) is 15.9 Å². The van der Waals surface area contributed by atoms with E-state index >= 15 is 0 Å². The van der Waals surface area contributed by atoms with Crippen molar-refractivity contribution in [1.82, 2.24) is 4.90 Å². The topological polar surface area (TPSA) is 79.4 Å². The van der Waals surface area contributed by atoms with Crippen molar-refractivity contribution < 1.29 is 9.53 Å². The first-order valence-corrected chi connectivity index (χ1v) is 5.47. The molecule has 5 nitrogen and oxygen atoms in total. The minimum Gasteiger partial charge on any atom is -0.426 e. The predicted molar refractivity (Wildman–Crippen MR) is 70.8 cm³/mol. The number of amidine groups is 1. The van der Waals surface area contributed by atoms with E-state index in [0.29, 0.717) is 17.9 Å². The quantitative estimate of drug-likeness (QED) is 0.258. The zero-order valence-corrected chi connectivity index (χ0v) is 10.3. The second-order valence-electron chi connectivity index (χ2n) is 3.90. The smallest absolute Gasteiger partial charge is 0.325 e. The summed E-state index contributed by atoms with van der Waals surface area (Å²) in [6, 6.07) is 6.50. The van der Waals surface area contributed by atoms with Gasteiger partial charge in [-0.2, -0.15) is 0 Å². The molecule has 18 heavy (non-hydrogen) atoms. The number of carbonyl (C=O) groups excluding carboxylic acids is 1. The lowest BCUT2D eigenvalue weighted by molar-refractivity contribution is -0.135. The molecule has 96 valence electrons. The van der Waals surface area contributed by atoms with E-state index in [1.807, 2.05) is 7.05 Å². The van der Waals surface area contributed by atoms with Crippen molar-refractivity contribution in [2.75, 3.05) is 20.1 Å². The number of likely N-dealkylation sites (N-methyl/N-ethyl adjacent to an activating group) is 1. The third-order valence-electron chi connectivity index (χ3n) is 2.24. The standard InChI is InChI=1S/C13H17N3O2/c1-3-8-16(2)9-12(17)18-11-6-4-10(5-7-11)13(14)15/h3-7H,1,8-9H2,2H3,(H3,14,15). The van der Waals surface area contributed by atoms with Gasteiger partial charge in [-0.3, -0.25) is 15.1 Å². The number of carbonyl (C=O) groups is 1. The second kappa shape index (κ2) is 6.56. The van der Waals surface area contributed by atoms with Crippen LogP contribution in [0.25, 0.3) is 0 Å². The van der Waals surface area contributed by atoms with E-state index in [0.717, 1.165) is 0 Å². The summed E-state index contributed by atoms with van der Waals surface area (Å²) in [5.74, 6) is 0.0884. The summed E-state index contributed by atoms with van der Waals surface area (Å²) < 4.78 is 5.14. The highest BCUT2D eigenvalue weighted by Gasteiger charge is 2.08. The molecule has 0 aromatic heterocycles. The third-order valence-corrected chi connectivity index (χ3v) is 2.24. The first kappa shape index (κ1) is 13.9. The Morgan fingerprint density at radius 1 is 1.50 bits per heavy atom. The van der Waals surface area contributed by atoms with Crippen LogP contribution in [0.4, 0.5) is 0 Å². The number of hydrogen-bond acceptors (Lipinski definition) is 4. The van der Waals surface area contributed by atoms with E-state index < -0.39 is 0 Å². The van der Waals surface area contributed by atoms with Crippen molar-refractivity contribution in [3.8, 4) is 5.75 Å². The van der Waals surface area contributed by atoms with Gasteiger partial charge in [0.25, 0.3) is 0 Å². The molecule has 3 N–H and O–H groups in total. The van der Waals surface area contributed by atoms with Crippen LogP contribution in [0.1, 0.15) is 5.56 Å². The number of ether oxygens (including phenoxy) is 1. The summed E-state index contributed by atoms with van der Waals surface area (Å²) in [6.45, 7) is 4.41. The summed E-state index contributed by atoms with van der Waals surface area (Å²) in [7, 11) is 1.81. The highest BCUT2D eigenvalue weighted by Crippen LogP contribution is 2.12. The van der Waals surface area contributed by atoms with Gasteiger partial charge in [-0.25, -0.2) is 0 Å². The van der Waals surface area contributed by atoms with Gasteiger partial charge < -0.3 is 10.5 Å². The van der Waals surface area contributed by atoms with Crippen molar-refractivity contribution in [1.29, 1.82) is 5.41 Å². The van der Waals surface area contributed by atoms with Gasteiger partial charge in [-0.1, -0.05) is 6.08 Å². The van der Waals surface area contributed by atoms with Crippen LogP contribution in [-0.4, -0.2) is 36.8 Å². The normalized spacial score (nSPS) is 10.1. The molecule has 0 spiro atoms. The van der Waals surface area contributed by atoms with E-state index in [2.05, 4.69) is 6.58 Å². The minimum absolute atomic E-state index is 0.0152. The van der Waals surface area contributed by atoms with Gasteiger partial charge in [0.1, 0.15) is 11.6 Å². The zero-order chi connectivity index (χ0) is 13.5. The fourth-order valence-corrected chi connectivity index (χ4v) is 1.37. The Morgan fingerprint density at radius 3 is 2.61 bits per heavy atom. The molecular formula is C13H17N3O2. The molecule has 0 radical (unpaired) electrons. The number of nitrogens with zero attached hydrogens (tertiary/aromatic N) is 1. The van der Waals surface area contributed by atoms with Gasteiger partial charge in [0.05, 0.1) is 6.54 Å². The molecule has 1 aromatic carbocycles. The minimum atomic E-state index is -0.338. The molecule has 0 aliphatic heterocycles. The van der Waals surface area contributed by atoms with Crippen molar-refractivity contribution in [2.45, 2.75) is 0 Å². The van der Waals surface area contributed by atoms with Crippen molar-refractivity contribution in [3.63, 3.8) is 0 Å². The van der Waals surface area contributed by atoms with Gasteiger partial charge >= 0.3 is 5.97 Å². The Morgan fingerprint density at radius 2 is 2.11 bits per heavy atom. The summed E-state index contributed by atoms with van der Waals surface area (Å²) in [5.41, 5.74) is 5.92. The first-order valence-electron chi connectivity index (χ1n) is 5.47. The number of hydrogen-bond donors (Lipinski definition) is 2. The van der Waals surface area contributed by atoms with Gasteiger partial charge in [0.15, 0.2) is 0 Å². The zero-order valence-electron chi connectivity index (χ0n) is 10.3. The molecule has 0 saturated carbocycles. The Bertz CT molecular complexity index is 440. The average Bonchev–Trinajstić information content (AvgIpc) is 2.29. The molecule has 5 heteroatoms. The van der Waals surface area contributed by atoms with Crippen LogP contribution in [0.5, 0.6) is 5.75 Å². The van der Waals surface area contributed by atoms with Crippen LogP contribution in [0.2, 0.25) is 0 Å². The Hall–Kier alpha value is -2.14. The second-order valence-corrected chi connectivity index (χ2v) is 3.90. The lowest BCUT2D eigenvalue weighted by atomic mass is 10.2. The maximum atomic E-state index is 11.6. The predicted octanol–water partition coefficient (Wildman–Crippen LogP) is 0.994. The highest BCUT2D eigenvalue weighted by atomic mass is 16.5. The average molecular weight is 247 g/mol. The van der Waals surface area contributed by atoms with E-state index in [-0.39, 0.29) is 18.3 Å². The summed E-state index contributed by atoms with van der Waals surface area (Å²) in [5, 5.41) is 7.24. The molecule has 0 aliphatic rings. The molecule has 0 aliphatic carbocycles. The van der Waals surface area contributed by atoms with Crippen LogP contribution in [0.3, 0.4) is 0 Å². The van der Waals surface area contributed by atoms with Crippen molar-refractivity contribution >= 4 is 11.8 Å². The lowest BCUT2D eigenvalue weighted by Gasteiger charge is -2.13. The number of nitrogen functional groups attached to an aromatic ring is 1. The monoisotopic (exact) mass is 247 g/mol. The SMILES string of the molecule is C=CCN(C)CC(=O)Oc1ccc(C(=N)N)cc1. The van der Waals surface area contributed by atoms with E-state index in [9.17, 15) is 4.79 Å². The maximum Gasteiger partial charge on any atom is 0.325 e. The molecule has 0 bridgehead atoms. The van der Waals surface area contributed by atoms with E-state index in [1.54, 1.807) is 35.2 Å². The van der Waals surface area contributed by atoms with Crippen molar-refractivity contribution in [3.05, 3.63) is 42.5 Å². The van der Waals surface area contributed by atoms with Gasteiger partial charge in [0.2, 0.25) is 0 Å². The number of rotatable bonds is 6. The fraction of sp³-hybridized carbons (Fsp3) is 0.231. The van der Waals surface area contributed by atoms with Crippen LogP contribution in [-0.2, 0) is 4.79 Å². The number of benzene rings is 1. The van der Waals surface area contributed by atoms with Gasteiger partial charge in [-0.05, 0) is 31.3 Å².